The molecule has 4 nitrogen and oxygen atoms in total. The number of carbonyl (C=O) groups excluding carboxylic acids is 1. The summed E-state index contributed by atoms with van der Waals surface area (Å²) in [7, 11) is 0. The highest BCUT2D eigenvalue weighted by Crippen LogP contribution is 2.32. The fraction of sp³-hybridized carbons (Fsp3) is 0.0625. The highest BCUT2D eigenvalue weighted by atomic mass is 32.2. The Morgan fingerprint density at radius 1 is 1.05 bits per heavy atom. The number of carbonyl (C=O) groups is 1. The highest BCUT2D eigenvalue weighted by Gasteiger charge is 2.08. The van der Waals surface area contributed by atoms with Gasteiger partial charge in [0.15, 0.2) is 5.78 Å². The van der Waals surface area contributed by atoms with Crippen LogP contribution in [0.1, 0.15) is 15.9 Å². The van der Waals surface area contributed by atoms with E-state index in [0.29, 0.717) is 5.56 Å². The summed E-state index contributed by atoms with van der Waals surface area (Å²) in [5, 5.41) is 28.5. The van der Waals surface area contributed by atoms with Crippen LogP contribution >= 0.6 is 11.8 Å². The summed E-state index contributed by atoms with van der Waals surface area (Å²) >= 11 is 1.59. The number of hydrogen-bond donors (Lipinski definition) is 3. The molecule has 0 fully saturated rings. The molecule has 0 heterocycles. The number of thioether (sulfide) groups is 1. The molecule has 5 heteroatoms. The van der Waals surface area contributed by atoms with Crippen LogP contribution in [0.15, 0.2) is 47.4 Å². The lowest BCUT2D eigenvalue weighted by Gasteiger charge is -2.03. The second kappa shape index (κ2) is 6.37. The molecule has 0 saturated carbocycles. The average molecular weight is 302 g/mol. The molecule has 2 aromatic carbocycles. The number of ketones is 1. The molecule has 0 saturated heterocycles. The van der Waals surface area contributed by atoms with Crippen molar-refractivity contribution in [3.8, 4) is 17.2 Å². The van der Waals surface area contributed by atoms with Gasteiger partial charge in [-0.25, -0.2) is 0 Å². The van der Waals surface area contributed by atoms with Crippen molar-refractivity contribution in [2.75, 3.05) is 6.26 Å². The van der Waals surface area contributed by atoms with Gasteiger partial charge in [0.25, 0.3) is 0 Å². The predicted octanol–water partition coefficient (Wildman–Crippen LogP) is 3.42. The molecule has 0 atom stereocenters. The lowest BCUT2D eigenvalue weighted by molar-refractivity contribution is 0.104. The van der Waals surface area contributed by atoms with E-state index >= 15 is 0 Å². The van der Waals surface area contributed by atoms with E-state index in [1.54, 1.807) is 23.9 Å². The maximum Gasteiger partial charge on any atom is 0.185 e. The zero-order valence-electron chi connectivity index (χ0n) is 11.3. The van der Waals surface area contributed by atoms with Gasteiger partial charge in [-0.2, -0.15) is 0 Å². The van der Waals surface area contributed by atoms with Crippen molar-refractivity contribution in [2.24, 2.45) is 0 Å². The minimum Gasteiger partial charge on any atom is -0.508 e. The number of hydrogen-bond acceptors (Lipinski definition) is 5. The second-order valence-corrected chi connectivity index (χ2v) is 5.20. The van der Waals surface area contributed by atoms with Gasteiger partial charge >= 0.3 is 0 Å². The minimum atomic E-state index is -0.297. The lowest BCUT2D eigenvalue weighted by atomic mass is 10.1. The molecule has 0 aliphatic heterocycles. The van der Waals surface area contributed by atoms with Crippen molar-refractivity contribution in [2.45, 2.75) is 4.90 Å². The van der Waals surface area contributed by atoms with Crippen molar-refractivity contribution >= 4 is 23.6 Å². The standard InChI is InChI=1S/C16H14O4S/c1-21-12-4-2-10(3-5-12)14(18)7-6-13-15(19)8-11(17)9-16(13)20/h2-9,17,19-20H,1H3/b7-6+. The molecular weight excluding hydrogens is 288 g/mol. The Morgan fingerprint density at radius 3 is 2.14 bits per heavy atom. The van der Waals surface area contributed by atoms with E-state index in [1.165, 1.54) is 12.2 Å². The van der Waals surface area contributed by atoms with Gasteiger partial charge in [0, 0.05) is 22.6 Å². The second-order valence-electron chi connectivity index (χ2n) is 4.32. The first-order chi connectivity index (χ1) is 10.0. The van der Waals surface area contributed by atoms with Crippen LogP contribution in [0.5, 0.6) is 17.2 Å². The van der Waals surface area contributed by atoms with Crippen molar-refractivity contribution in [3.63, 3.8) is 0 Å². The molecule has 3 N–H and O–H groups in total. The van der Waals surface area contributed by atoms with Crippen molar-refractivity contribution in [3.05, 3.63) is 53.6 Å². The first kappa shape index (κ1) is 15.0. The SMILES string of the molecule is CSc1ccc(C(=O)/C=C/c2c(O)cc(O)cc2O)cc1. The first-order valence-electron chi connectivity index (χ1n) is 6.12. The molecule has 0 bridgehead atoms. The number of allylic oxidation sites excluding steroid dienone is 1. The maximum absolute atomic E-state index is 12.0. The number of phenolic OH excluding ortho intramolecular Hbond substituents is 3. The summed E-state index contributed by atoms with van der Waals surface area (Å²) < 4.78 is 0. The topological polar surface area (TPSA) is 77.8 Å². The zero-order chi connectivity index (χ0) is 15.4. The quantitative estimate of drug-likeness (QED) is 0.458. The minimum absolute atomic E-state index is 0.0851. The number of aromatic hydroxyl groups is 3. The van der Waals surface area contributed by atoms with Crippen LogP contribution in [-0.2, 0) is 0 Å². The Balaban J connectivity index is 2.22. The van der Waals surface area contributed by atoms with Crippen LogP contribution in [0.25, 0.3) is 6.08 Å². The Kier molecular flexibility index (Phi) is 4.55. The Hall–Kier alpha value is -2.40. The molecule has 0 amide bonds. The van der Waals surface area contributed by atoms with Gasteiger partial charge in [-0.1, -0.05) is 0 Å². The largest absolute Gasteiger partial charge is 0.508 e. The molecule has 108 valence electrons. The van der Waals surface area contributed by atoms with Gasteiger partial charge in [-0.15, -0.1) is 11.8 Å². The molecule has 0 aliphatic carbocycles. The van der Waals surface area contributed by atoms with E-state index < -0.39 is 0 Å². The molecule has 0 unspecified atom stereocenters. The number of rotatable bonds is 4. The molecule has 2 aromatic rings. The third-order valence-electron chi connectivity index (χ3n) is 2.90. The molecule has 0 radical (unpaired) electrons. The Labute approximate surface area is 126 Å². The van der Waals surface area contributed by atoms with E-state index in [2.05, 4.69) is 0 Å². The summed E-state index contributed by atoms with van der Waals surface area (Å²) in [6.07, 6.45) is 4.53. The van der Waals surface area contributed by atoms with Gasteiger partial charge in [-0.3, -0.25) is 4.79 Å². The normalized spacial score (nSPS) is 10.9. The predicted molar refractivity (Wildman–Crippen MR) is 83.0 cm³/mol. The number of phenols is 3. The third-order valence-corrected chi connectivity index (χ3v) is 3.64. The molecule has 0 aromatic heterocycles. The van der Waals surface area contributed by atoms with E-state index in [1.807, 2.05) is 18.4 Å². The average Bonchev–Trinajstić information content (AvgIpc) is 2.46. The summed E-state index contributed by atoms with van der Waals surface area (Å²) in [5.74, 6) is -1.08. The van der Waals surface area contributed by atoms with E-state index in [-0.39, 0.29) is 28.6 Å². The highest BCUT2D eigenvalue weighted by molar-refractivity contribution is 7.98. The van der Waals surface area contributed by atoms with Crippen molar-refractivity contribution < 1.29 is 20.1 Å². The first-order valence-corrected chi connectivity index (χ1v) is 7.35. The zero-order valence-corrected chi connectivity index (χ0v) is 12.1. The van der Waals surface area contributed by atoms with Crippen LogP contribution in [0.3, 0.4) is 0 Å². The Morgan fingerprint density at radius 2 is 1.62 bits per heavy atom. The third kappa shape index (κ3) is 3.58. The molecule has 2 rings (SSSR count). The smallest absolute Gasteiger partial charge is 0.185 e. The van der Waals surface area contributed by atoms with Crippen LogP contribution in [0.4, 0.5) is 0 Å². The maximum atomic E-state index is 12.0. The van der Waals surface area contributed by atoms with E-state index in [0.717, 1.165) is 17.0 Å². The van der Waals surface area contributed by atoms with Crippen LogP contribution in [0.2, 0.25) is 0 Å². The molecule has 0 spiro atoms. The van der Waals surface area contributed by atoms with Crippen LogP contribution < -0.4 is 0 Å². The summed E-state index contributed by atoms with van der Waals surface area (Å²) in [6, 6.07) is 9.32. The fourth-order valence-electron chi connectivity index (χ4n) is 1.79. The molecule has 21 heavy (non-hydrogen) atoms. The lowest BCUT2D eigenvalue weighted by Crippen LogP contribution is -1.93. The summed E-state index contributed by atoms with van der Waals surface area (Å²) in [4.78, 5) is 13.1. The van der Waals surface area contributed by atoms with Crippen molar-refractivity contribution in [1.82, 2.24) is 0 Å². The Bertz CT molecular complexity index is 667. The van der Waals surface area contributed by atoms with Gasteiger partial charge in [0.1, 0.15) is 17.2 Å². The summed E-state index contributed by atoms with van der Waals surface area (Å²) in [5.41, 5.74) is 0.601. The summed E-state index contributed by atoms with van der Waals surface area (Å²) in [6.45, 7) is 0. The van der Waals surface area contributed by atoms with Crippen molar-refractivity contribution in [1.29, 1.82) is 0 Å². The van der Waals surface area contributed by atoms with Gasteiger partial charge in [0.05, 0.1) is 5.56 Å². The fourth-order valence-corrected chi connectivity index (χ4v) is 2.20. The van der Waals surface area contributed by atoms with Gasteiger partial charge in [0.2, 0.25) is 0 Å². The van der Waals surface area contributed by atoms with Crippen LogP contribution in [-0.4, -0.2) is 27.4 Å². The number of benzene rings is 2. The van der Waals surface area contributed by atoms with Crippen LogP contribution in [0, 0.1) is 0 Å². The van der Waals surface area contributed by atoms with Gasteiger partial charge < -0.3 is 15.3 Å². The molecular formula is C16H14O4S. The molecule has 0 aliphatic rings. The monoisotopic (exact) mass is 302 g/mol. The van der Waals surface area contributed by atoms with Gasteiger partial charge in [-0.05, 0) is 42.7 Å². The van der Waals surface area contributed by atoms with E-state index in [4.69, 9.17) is 0 Å². The van der Waals surface area contributed by atoms with E-state index in [9.17, 15) is 20.1 Å².